The van der Waals surface area contributed by atoms with Crippen LogP contribution < -0.4 is 10.2 Å². The molecule has 3 nitrogen and oxygen atoms in total. The van der Waals surface area contributed by atoms with Gasteiger partial charge in [0.25, 0.3) is 0 Å². The molecule has 1 aliphatic carbocycles. The van der Waals surface area contributed by atoms with E-state index < -0.39 is 0 Å². The van der Waals surface area contributed by atoms with Crippen LogP contribution in [-0.2, 0) is 6.54 Å². The molecule has 2 N–H and O–H groups in total. The van der Waals surface area contributed by atoms with Crippen molar-refractivity contribution in [2.45, 2.75) is 38.3 Å². The second-order valence-corrected chi connectivity index (χ2v) is 6.48. The average Bonchev–Trinajstić information content (AvgIpc) is 3.30. The summed E-state index contributed by atoms with van der Waals surface area (Å²) in [5, 5.41) is 13.6. The maximum absolute atomic E-state index is 9.25. The highest BCUT2D eigenvalue weighted by molar-refractivity contribution is 6.30. The number of rotatable bonds is 5. The van der Waals surface area contributed by atoms with E-state index in [4.69, 9.17) is 11.6 Å². The Morgan fingerprint density at radius 2 is 1.95 bits per heavy atom. The normalized spacial score (nSPS) is 20.4. The number of aliphatic hydroxyl groups is 1. The Kier molecular flexibility index (Phi) is 4.49. The van der Waals surface area contributed by atoms with Crippen LogP contribution in [0.25, 0.3) is 0 Å². The van der Waals surface area contributed by atoms with Crippen LogP contribution in [0.2, 0.25) is 5.02 Å². The topological polar surface area (TPSA) is 35.5 Å². The predicted molar refractivity (Wildman–Crippen MR) is 83.3 cm³/mol. The number of piperidine rings is 1. The summed E-state index contributed by atoms with van der Waals surface area (Å²) in [5.74, 6) is 0.478. The zero-order chi connectivity index (χ0) is 13.9. The number of aliphatic hydroxyl groups excluding tert-OH is 1. The molecular weight excluding hydrogens is 272 g/mol. The molecule has 0 amide bonds. The molecule has 4 heteroatoms. The van der Waals surface area contributed by atoms with E-state index in [1.807, 2.05) is 6.07 Å². The van der Waals surface area contributed by atoms with Crippen LogP contribution in [0.5, 0.6) is 0 Å². The Bertz CT molecular complexity index is 454. The van der Waals surface area contributed by atoms with Crippen molar-refractivity contribution in [2.75, 3.05) is 24.6 Å². The average molecular weight is 295 g/mol. The Morgan fingerprint density at radius 3 is 2.60 bits per heavy atom. The third kappa shape index (κ3) is 3.46. The van der Waals surface area contributed by atoms with Gasteiger partial charge in [0.1, 0.15) is 0 Å². The van der Waals surface area contributed by atoms with E-state index in [1.54, 1.807) is 0 Å². The molecule has 1 saturated heterocycles. The van der Waals surface area contributed by atoms with Crippen molar-refractivity contribution in [1.82, 2.24) is 5.32 Å². The molecule has 1 aliphatic heterocycles. The molecule has 0 atom stereocenters. The van der Waals surface area contributed by atoms with Crippen molar-refractivity contribution >= 4 is 17.3 Å². The lowest BCUT2D eigenvalue weighted by Crippen LogP contribution is -2.35. The zero-order valence-electron chi connectivity index (χ0n) is 11.8. The molecule has 0 aromatic heterocycles. The number of nitrogens with zero attached hydrogens (tertiary/aromatic N) is 1. The fraction of sp³-hybridized carbons (Fsp3) is 0.625. The van der Waals surface area contributed by atoms with E-state index in [9.17, 15) is 5.11 Å². The Morgan fingerprint density at radius 1 is 1.20 bits per heavy atom. The van der Waals surface area contributed by atoms with Crippen LogP contribution in [0.1, 0.15) is 31.2 Å². The summed E-state index contributed by atoms with van der Waals surface area (Å²) in [7, 11) is 0. The lowest BCUT2D eigenvalue weighted by atomic mass is 9.97. The lowest BCUT2D eigenvalue weighted by molar-refractivity contribution is 0.203. The fourth-order valence-corrected chi connectivity index (χ4v) is 3.10. The van der Waals surface area contributed by atoms with Gasteiger partial charge in [-0.1, -0.05) is 11.6 Å². The number of hydrogen-bond acceptors (Lipinski definition) is 3. The van der Waals surface area contributed by atoms with E-state index in [-0.39, 0.29) is 0 Å². The summed E-state index contributed by atoms with van der Waals surface area (Å²) in [6, 6.07) is 6.92. The summed E-state index contributed by atoms with van der Waals surface area (Å²) in [6.45, 7) is 3.29. The van der Waals surface area contributed by atoms with Crippen molar-refractivity contribution in [1.29, 1.82) is 0 Å². The van der Waals surface area contributed by atoms with Gasteiger partial charge in [-0.25, -0.2) is 0 Å². The molecule has 1 saturated carbocycles. The Hall–Kier alpha value is -0.770. The minimum Gasteiger partial charge on any atom is -0.396 e. The highest BCUT2D eigenvalue weighted by atomic mass is 35.5. The first-order valence-corrected chi connectivity index (χ1v) is 8.01. The summed E-state index contributed by atoms with van der Waals surface area (Å²) in [5.41, 5.74) is 2.60. The van der Waals surface area contributed by atoms with Gasteiger partial charge in [0, 0.05) is 43.0 Å². The van der Waals surface area contributed by atoms with E-state index in [0.29, 0.717) is 18.6 Å². The second-order valence-electron chi connectivity index (χ2n) is 6.04. The second kappa shape index (κ2) is 6.33. The standard InChI is InChI=1S/C16H23ClN2O/c17-14-1-4-16(13(9-14)10-18-15-2-3-15)19-7-5-12(11-20)6-8-19/h1,4,9,12,15,18,20H,2-3,5-8,10-11H2. The van der Waals surface area contributed by atoms with E-state index in [1.165, 1.54) is 24.1 Å². The Labute approximate surface area is 125 Å². The molecule has 0 spiro atoms. The molecule has 2 fully saturated rings. The van der Waals surface area contributed by atoms with Crippen LogP contribution in [0, 0.1) is 5.92 Å². The largest absolute Gasteiger partial charge is 0.396 e. The van der Waals surface area contributed by atoms with Crippen molar-refractivity contribution < 1.29 is 5.11 Å². The van der Waals surface area contributed by atoms with Gasteiger partial charge in [-0.3, -0.25) is 0 Å². The van der Waals surface area contributed by atoms with Gasteiger partial charge >= 0.3 is 0 Å². The van der Waals surface area contributed by atoms with Crippen LogP contribution in [0.3, 0.4) is 0 Å². The van der Waals surface area contributed by atoms with Gasteiger partial charge in [0.15, 0.2) is 0 Å². The van der Waals surface area contributed by atoms with Crippen LogP contribution in [0.4, 0.5) is 5.69 Å². The summed E-state index contributed by atoms with van der Waals surface area (Å²) < 4.78 is 0. The summed E-state index contributed by atoms with van der Waals surface area (Å²) in [4.78, 5) is 2.44. The lowest BCUT2D eigenvalue weighted by Gasteiger charge is -2.34. The van der Waals surface area contributed by atoms with Gasteiger partial charge in [-0.05, 0) is 55.4 Å². The first-order chi connectivity index (χ1) is 9.76. The van der Waals surface area contributed by atoms with Gasteiger partial charge in [0.2, 0.25) is 0 Å². The minimum atomic E-state index is 0.324. The summed E-state index contributed by atoms with van der Waals surface area (Å²) in [6.07, 6.45) is 4.76. The number of halogens is 1. The molecule has 2 aliphatic rings. The third-order valence-electron chi connectivity index (χ3n) is 4.41. The highest BCUT2D eigenvalue weighted by Gasteiger charge is 2.23. The van der Waals surface area contributed by atoms with Gasteiger partial charge in [0.05, 0.1) is 0 Å². The Balaban J connectivity index is 1.70. The van der Waals surface area contributed by atoms with E-state index >= 15 is 0 Å². The zero-order valence-corrected chi connectivity index (χ0v) is 12.6. The molecule has 20 heavy (non-hydrogen) atoms. The number of benzene rings is 1. The molecule has 0 radical (unpaired) electrons. The number of nitrogens with one attached hydrogen (secondary N) is 1. The highest BCUT2D eigenvalue weighted by Crippen LogP contribution is 2.29. The molecular formula is C16H23ClN2O. The molecule has 110 valence electrons. The van der Waals surface area contributed by atoms with Crippen LogP contribution in [0.15, 0.2) is 18.2 Å². The summed E-state index contributed by atoms with van der Waals surface area (Å²) >= 11 is 6.15. The van der Waals surface area contributed by atoms with Gasteiger partial charge in [-0.15, -0.1) is 0 Å². The van der Waals surface area contributed by atoms with Gasteiger partial charge < -0.3 is 15.3 Å². The first kappa shape index (κ1) is 14.2. The molecule has 3 rings (SSSR count). The van der Waals surface area contributed by atoms with Gasteiger partial charge in [-0.2, -0.15) is 0 Å². The number of anilines is 1. The quantitative estimate of drug-likeness (QED) is 0.876. The van der Waals surface area contributed by atoms with E-state index in [2.05, 4.69) is 22.3 Å². The van der Waals surface area contributed by atoms with Crippen molar-refractivity contribution in [3.63, 3.8) is 0 Å². The molecule has 1 heterocycles. The van der Waals surface area contributed by atoms with E-state index in [0.717, 1.165) is 37.5 Å². The first-order valence-electron chi connectivity index (χ1n) is 7.64. The predicted octanol–water partition coefficient (Wildman–Crippen LogP) is 2.80. The molecule has 0 unspecified atom stereocenters. The fourth-order valence-electron chi connectivity index (χ4n) is 2.90. The molecule has 0 bridgehead atoms. The third-order valence-corrected chi connectivity index (χ3v) is 4.65. The van der Waals surface area contributed by atoms with Crippen molar-refractivity contribution in [3.8, 4) is 0 Å². The minimum absolute atomic E-state index is 0.324. The monoisotopic (exact) mass is 294 g/mol. The number of hydrogen-bond donors (Lipinski definition) is 2. The maximum atomic E-state index is 9.25. The van der Waals surface area contributed by atoms with Crippen molar-refractivity contribution in [2.24, 2.45) is 5.92 Å². The molecule has 1 aromatic carbocycles. The maximum Gasteiger partial charge on any atom is 0.0460 e. The smallest absolute Gasteiger partial charge is 0.0460 e. The SMILES string of the molecule is OCC1CCN(c2ccc(Cl)cc2CNC2CC2)CC1. The van der Waals surface area contributed by atoms with Crippen LogP contribution in [-0.4, -0.2) is 30.8 Å². The van der Waals surface area contributed by atoms with Crippen LogP contribution >= 0.6 is 11.6 Å². The van der Waals surface area contributed by atoms with Crippen molar-refractivity contribution in [3.05, 3.63) is 28.8 Å². The molecule has 1 aromatic rings.